The van der Waals surface area contributed by atoms with Crippen molar-refractivity contribution in [2.75, 3.05) is 18.9 Å². The van der Waals surface area contributed by atoms with Crippen LogP contribution < -0.4 is 18.9 Å². The quantitative estimate of drug-likeness (QED) is 0.292. The number of hydrogen-bond acceptors (Lipinski definition) is 6. The predicted molar refractivity (Wildman–Crippen MR) is 128 cm³/mol. The van der Waals surface area contributed by atoms with Crippen LogP contribution in [0.3, 0.4) is 0 Å². The van der Waals surface area contributed by atoms with Crippen LogP contribution in [0.4, 0.5) is 23.2 Å². The van der Waals surface area contributed by atoms with Crippen molar-refractivity contribution >= 4 is 26.6 Å². The molecule has 0 saturated heterocycles. The van der Waals surface area contributed by atoms with Crippen molar-refractivity contribution in [1.29, 1.82) is 0 Å². The molecule has 0 aliphatic rings. The largest absolute Gasteiger partial charge is 0.573 e. The maximum atomic E-state index is 14.9. The third kappa shape index (κ3) is 6.02. The van der Waals surface area contributed by atoms with Crippen molar-refractivity contribution in [2.24, 2.45) is 0 Å². The summed E-state index contributed by atoms with van der Waals surface area (Å²) in [4.78, 5) is 3.81. The van der Waals surface area contributed by atoms with Gasteiger partial charge in [-0.2, -0.15) is 0 Å². The van der Waals surface area contributed by atoms with Gasteiger partial charge >= 0.3 is 6.36 Å². The number of benzene rings is 3. The Morgan fingerprint density at radius 1 is 0.946 bits per heavy atom. The summed E-state index contributed by atoms with van der Waals surface area (Å²) < 4.78 is 94.1. The summed E-state index contributed by atoms with van der Waals surface area (Å²) in [7, 11) is -1.38. The number of anilines is 1. The average molecular weight is 537 g/mol. The molecule has 0 spiro atoms. The smallest absolute Gasteiger partial charge is 0.493 e. The summed E-state index contributed by atoms with van der Waals surface area (Å²) in [6, 6.07) is 13.0. The van der Waals surface area contributed by atoms with Gasteiger partial charge < -0.3 is 14.2 Å². The Morgan fingerprint density at radius 3 is 2.35 bits per heavy atom. The molecule has 0 amide bonds. The van der Waals surface area contributed by atoms with E-state index in [4.69, 9.17) is 9.47 Å². The van der Waals surface area contributed by atoms with Crippen LogP contribution in [0.2, 0.25) is 0 Å². The lowest BCUT2D eigenvalue weighted by Crippen LogP contribution is -2.18. The fourth-order valence-electron chi connectivity index (χ4n) is 3.70. The van der Waals surface area contributed by atoms with E-state index in [0.29, 0.717) is 35.1 Å². The van der Waals surface area contributed by atoms with Gasteiger partial charge in [0, 0.05) is 23.7 Å². The summed E-state index contributed by atoms with van der Waals surface area (Å²) in [5, 5.41) is 0.770. The summed E-state index contributed by atoms with van der Waals surface area (Å²) in [6.45, 7) is 0. The topological polar surface area (TPSA) is 86.8 Å². The zero-order valence-electron chi connectivity index (χ0n) is 19.5. The molecule has 1 heterocycles. The first kappa shape index (κ1) is 26.0. The number of ether oxygens (including phenoxy) is 3. The fraction of sp³-hybridized carbons (Fsp3) is 0.160. The van der Waals surface area contributed by atoms with Crippen molar-refractivity contribution in [3.8, 4) is 17.2 Å². The Morgan fingerprint density at radius 2 is 1.68 bits per heavy atom. The van der Waals surface area contributed by atoms with Crippen molar-refractivity contribution in [3.63, 3.8) is 0 Å². The number of sulfonamides is 1. The Bertz CT molecular complexity index is 1560. The summed E-state index contributed by atoms with van der Waals surface area (Å²) >= 11 is 0. The fourth-order valence-corrected chi connectivity index (χ4v) is 4.80. The van der Waals surface area contributed by atoms with Gasteiger partial charge in [-0.3, -0.25) is 9.71 Å². The van der Waals surface area contributed by atoms with Crippen molar-refractivity contribution in [2.45, 2.75) is 17.7 Å². The molecule has 4 rings (SSSR count). The number of hydrogen-bond donors (Lipinski definition) is 1. The molecule has 4 aromatic rings. The van der Waals surface area contributed by atoms with E-state index >= 15 is 0 Å². The van der Waals surface area contributed by atoms with Crippen molar-refractivity contribution in [3.05, 3.63) is 83.8 Å². The SMILES string of the molecule is COc1cc2nccc(Cc3ccc(NS(=O)(=O)c4cccc(OC(F)(F)F)c4)c(F)c3)c2cc1OC. The molecule has 0 aliphatic heterocycles. The number of rotatable bonds is 8. The standard InChI is InChI=1S/C25H20F4N2O5S/c1-34-23-13-19-16(8-9-30-22(19)14-24(23)35-2)10-15-6-7-21(20(26)11-15)31-37(32,33)18-5-3-4-17(12-18)36-25(27,28)29/h3-9,11-14,31H,10H2,1-2H3. The molecule has 0 saturated carbocycles. The average Bonchev–Trinajstić information content (AvgIpc) is 2.84. The van der Waals surface area contributed by atoms with Crippen LogP contribution in [0.5, 0.6) is 17.2 Å². The molecule has 0 atom stereocenters. The molecule has 3 aromatic carbocycles. The van der Waals surface area contributed by atoms with Crippen LogP contribution >= 0.6 is 0 Å². The molecule has 0 aliphatic carbocycles. The third-order valence-electron chi connectivity index (χ3n) is 5.36. The Balaban J connectivity index is 1.58. The number of alkyl halides is 3. The van der Waals surface area contributed by atoms with Gasteiger partial charge in [0.05, 0.1) is 30.3 Å². The first-order valence-corrected chi connectivity index (χ1v) is 12.1. The van der Waals surface area contributed by atoms with Gasteiger partial charge in [0.2, 0.25) is 0 Å². The second-order valence-corrected chi connectivity index (χ2v) is 9.50. The van der Waals surface area contributed by atoms with Crippen LogP contribution in [-0.4, -0.2) is 34.0 Å². The number of nitrogens with one attached hydrogen (secondary N) is 1. The molecule has 12 heteroatoms. The van der Waals surface area contributed by atoms with Gasteiger partial charge in [-0.05, 0) is 53.9 Å². The monoisotopic (exact) mass is 536 g/mol. The first-order valence-electron chi connectivity index (χ1n) is 10.7. The van der Waals surface area contributed by atoms with Crippen LogP contribution in [-0.2, 0) is 16.4 Å². The first-order chi connectivity index (χ1) is 17.5. The minimum atomic E-state index is -4.99. The van der Waals surface area contributed by atoms with E-state index in [1.165, 1.54) is 32.4 Å². The lowest BCUT2D eigenvalue weighted by Gasteiger charge is -2.13. The molecule has 194 valence electrons. The summed E-state index contributed by atoms with van der Waals surface area (Å²) in [5.74, 6) is -0.561. The highest BCUT2D eigenvalue weighted by Gasteiger charge is 2.31. The van der Waals surface area contributed by atoms with E-state index in [9.17, 15) is 26.0 Å². The van der Waals surface area contributed by atoms with E-state index in [0.717, 1.165) is 29.1 Å². The summed E-state index contributed by atoms with van der Waals surface area (Å²) in [5.41, 5.74) is 1.65. The molecular formula is C25H20F4N2O5S. The number of methoxy groups -OCH3 is 2. The number of nitrogens with zero attached hydrogens (tertiary/aromatic N) is 1. The highest BCUT2D eigenvalue weighted by Crippen LogP contribution is 2.34. The lowest BCUT2D eigenvalue weighted by atomic mass is 10.0. The van der Waals surface area contributed by atoms with Crippen LogP contribution in [0, 0.1) is 5.82 Å². The lowest BCUT2D eigenvalue weighted by molar-refractivity contribution is -0.274. The molecule has 37 heavy (non-hydrogen) atoms. The normalized spacial score (nSPS) is 11.8. The minimum Gasteiger partial charge on any atom is -0.493 e. The molecule has 1 N–H and O–H groups in total. The van der Waals surface area contributed by atoms with Gasteiger partial charge in [0.1, 0.15) is 11.6 Å². The molecule has 7 nitrogen and oxygen atoms in total. The molecular weight excluding hydrogens is 516 g/mol. The van der Waals surface area contributed by atoms with E-state index in [1.807, 2.05) is 0 Å². The molecule has 0 radical (unpaired) electrons. The van der Waals surface area contributed by atoms with E-state index in [2.05, 4.69) is 14.4 Å². The predicted octanol–water partition coefficient (Wildman–Crippen LogP) is 5.68. The second-order valence-electron chi connectivity index (χ2n) is 7.81. The van der Waals surface area contributed by atoms with Crippen LogP contribution in [0.25, 0.3) is 10.9 Å². The maximum Gasteiger partial charge on any atom is 0.573 e. The number of aromatic nitrogens is 1. The highest BCUT2D eigenvalue weighted by molar-refractivity contribution is 7.92. The van der Waals surface area contributed by atoms with Gasteiger partial charge in [0.15, 0.2) is 11.5 Å². The van der Waals surface area contributed by atoms with Crippen LogP contribution in [0.15, 0.2) is 71.8 Å². The van der Waals surface area contributed by atoms with Crippen molar-refractivity contribution < 1.29 is 40.2 Å². The van der Waals surface area contributed by atoms with Gasteiger partial charge in [0.25, 0.3) is 10.0 Å². The number of halogens is 4. The zero-order chi connectivity index (χ0) is 26.8. The van der Waals surface area contributed by atoms with Gasteiger partial charge in [-0.25, -0.2) is 12.8 Å². The molecule has 0 unspecified atom stereocenters. The second kappa shape index (κ2) is 10.1. The van der Waals surface area contributed by atoms with Crippen molar-refractivity contribution in [1.82, 2.24) is 4.98 Å². The molecule has 0 bridgehead atoms. The zero-order valence-corrected chi connectivity index (χ0v) is 20.3. The van der Waals surface area contributed by atoms with E-state index < -0.39 is 32.8 Å². The van der Waals surface area contributed by atoms with Gasteiger partial charge in [-0.15, -0.1) is 13.2 Å². The number of pyridine rings is 1. The third-order valence-corrected chi connectivity index (χ3v) is 6.72. The highest BCUT2D eigenvalue weighted by atomic mass is 32.2. The molecule has 0 fully saturated rings. The van der Waals surface area contributed by atoms with E-state index in [-0.39, 0.29) is 5.69 Å². The van der Waals surface area contributed by atoms with Gasteiger partial charge in [-0.1, -0.05) is 12.1 Å². The Hall–Kier alpha value is -4.06. The van der Waals surface area contributed by atoms with E-state index in [1.54, 1.807) is 24.4 Å². The Kier molecular flexibility index (Phi) is 7.12. The summed E-state index contributed by atoms with van der Waals surface area (Å²) in [6.07, 6.45) is -3.08. The Labute approximate surface area is 209 Å². The minimum absolute atomic E-state index is 0.301. The number of fused-ring (bicyclic) bond motifs is 1. The van der Waals surface area contributed by atoms with Crippen LogP contribution in [0.1, 0.15) is 11.1 Å². The maximum absolute atomic E-state index is 14.9. The molecule has 1 aromatic heterocycles.